The molecule has 3 heteroatoms. The largest absolute Gasteiger partial charge is 0.350 e. The summed E-state index contributed by atoms with van der Waals surface area (Å²) < 4.78 is 0. The zero-order chi connectivity index (χ0) is 12.9. The third kappa shape index (κ3) is 5.50. The molecule has 0 aliphatic heterocycles. The fraction of sp³-hybridized carbons (Fsp3) is 0.500. The first-order valence-corrected chi connectivity index (χ1v) is 5.98. The van der Waals surface area contributed by atoms with Crippen LogP contribution in [0.15, 0.2) is 30.3 Å². The van der Waals surface area contributed by atoms with Gasteiger partial charge in [0.05, 0.1) is 6.54 Å². The Kier molecular flexibility index (Phi) is 4.70. The van der Waals surface area contributed by atoms with Gasteiger partial charge in [-0.05, 0) is 33.3 Å². The summed E-state index contributed by atoms with van der Waals surface area (Å²) in [6.45, 7) is 8.33. The highest BCUT2D eigenvalue weighted by Gasteiger charge is 2.14. The van der Waals surface area contributed by atoms with Crippen LogP contribution in [0.3, 0.4) is 0 Å². The van der Waals surface area contributed by atoms with Crippen molar-refractivity contribution in [1.82, 2.24) is 10.6 Å². The van der Waals surface area contributed by atoms with Gasteiger partial charge in [0, 0.05) is 11.6 Å². The van der Waals surface area contributed by atoms with Crippen LogP contribution in [0.1, 0.15) is 39.3 Å². The van der Waals surface area contributed by atoms with E-state index in [4.69, 9.17) is 0 Å². The molecule has 0 spiro atoms. The number of rotatable bonds is 4. The first kappa shape index (κ1) is 13.7. The molecule has 0 saturated carbocycles. The maximum atomic E-state index is 11.6. The molecule has 1 amide bonds. The van der Waals surface area contributed by atoms with E-state index in [1.165, 1.54) is 5.56 Å². The fourth-order valence-corrected chi connectivity index (χ4v) is 1.57. The third-order valence-electron chi connectivity index (χ3n) is 2.38. The summed E-state index contributed by atoms with van der Waals surface area (Å²) in [7, 11) is 0. The summed E-state index contributed by atoms with van der Waals surface area (Å²) in [5.74, 6) is 0.0280. The molecular formula is C14H22N2O. The lowest BCUT2D eigenvalue weighted by Crippen LogP contribution is -2.45. The monoisotopic (exact) mass is 234 g/mol. The molecule has 3 nitrogen and oxygen atoms in total. The molecule has 0 aliphatic rings. The van der Waals surface area contributed by atoms with Crippen LogP contribution < -0.4 is 10.6 Å². The Balaban J connectivity index is 2.39. The first-order valence-electron chi connectivity index (χ1n) is 5.98. The molecule has 2 N–H and O–H groups in total. The van der Waals surface area contributed by atoms with Crippen LogP contribution in [0, 0.1) is 0 Å². The Bertz CT molecular complexity index is 354. The molecule has 1 aromatic carbocycles. The molecule has 17 heavy (non-hydrogen) atoms. The Hall–Kier alpha value is -1.35. The van der Waals surface area contributed by atoms with Gasteiger partial charge in [-0.25, -0.2) is 0 Å². The van der Waals surface area contributed by atoms with E-state index >= 15 is 0 Å². The van der Waals surface area contributed by atoms with Crippen molar-refractivity contribution in [2.45, 2.75) is 39.3 Å². The Labute approximate surface area is 104 Å². The highest BCUT2D eigenvalue weighted by atomic mass is 16.2. The number of nitrogens with one attached hydrogen (secondary N) is 2. The van der Waals surface area contributed by atoms with Gasteiger partial charge >= 0.3 is 0 Å². The van der Waals surface area contributed by atoms with Crippen LogP contribution in [0.2, 0.25) is 0 Å². The summed E-state index contributed by atoms with van der Waals surface area (Å²) in [6.07, 6.45) is 0. The molecule has 0 unspecified atom stereocenters. The summed E-state index contributed by atoms with van der Waals surface area (Å²) >= 11 is 0. The topological polar surface area (TPSA) is 41.1 Å². The van der Waals surface area contributed by atoms with Crippen molar-refractivity contribution in [3.63, 3.8) is 0 Å². The second-order valence-corrected chi connectivity index (χ2v) is 5.31. The highest BCUT2D eigenvalue weighted by molar-refractivity contribution is 5.78. The quantitative estimate of drug-likeness (QED) is 0.839. The SMILES string of the molecule is C[C@@H](NCC(=O)NC(C)(C)C)c1ccccc1. The van der Waals surface area contributed by atoms with E-state index in [0.717, 1.165) is 0 Å². The van der Waals surface area contributed by atoms with E-state index in [1.807, 2.05) is 39.0 Å². The Morgan fingerprint density at radius 3 is 2.35 bits per heavy atom. The molecule has 0 aromatic heterocycles. The first-order chi connectivity index (χ1) is 7.88. The second kappa shape index (κ2) is 5.82. The summed E-state index contributed by atoms with van der Waals surface area (Å²) in [4.78, 5) is 11.6. The van der Waals surface area contributed by atoms with Crippen LogP contribution in [-0.4, -0.2) is 18.0 Å². The molecule has 0 heterocycles. The second-order valence-electron chi connectivity index (χ2n) is 5.31. The summed E-state index contributed by atoms with van der Waals surface area (Å²) in [6, 6.07) is 10.3. The molecule has 0 bridgehead atoms. The number of carbonyl (C=O) groups is 1. The van der Waals surface area contributed by atoms with Crippen LogP contribution in [0.4, 0.5) is 0 Å². The summed E-state index contributed by atoms with van der Waals surface area (Å²) in [5, 5.41) is 6.13. The smallest absolute Gasteiger partial charge is 0.234 e. The molecule has 1 atom stereocenters. The molecule has 0 fully saturated rings. The van der Waals surface area contributed by atoms with Gasteiger partial charge in [-0.2, -0.15) is 0 Å². The van der Waals surface area contributed by atoms with Gasteiger partial charge in [0.25, 0.3) is 0 Å². The van der Waals surface area contributed by atoms with Crippen molar-refractivity contribution in [2.75, 3.05) is 6.54 Å². The van der Waals surface area contributed by atoms with Crippen molar-refractivity contribution in [3.05, 3.63) is 35.9 Å². The van der Waals surface area contributed by atoms with Crippen molar-refractivity contribution in [2.24, 2.45) is 0 Å². The van der Waals surface area contributed by atoms with E-state index in [9.17, 15) is 4.79 Å². The van der Waals surface area contributed by atoms with Gasteiger partial charge < -0.3 is 10.6 Å². The predicted molar refractivity (Wildman–Crippen MR) is 70.8 cm³/mol. The number of hydrogen-bond donors (Lipinski definition) is 2. The molecule has 1 aromatic rings. The molecule has 0 aliphatic carbocycles. The lowest BCUT2D eigenvalue weighted by atomic mass is 10.1. The lowest BCUT2D eigenvalue weighted by Gasteiger charge is -2.21. The molecule has 94 valence electrons. The minimum atomic E-state index is -0.172. The average molecular weight is 234 g/mol. The standard InChI is InChI=1S/C14H22N2O/c1-11(12-8-6-5-7-9-12)15-10-13(17)16-14(2,3)4/h5-9,11,15H,10H2,1-4H3,(H,16,17)/t11-/m1/s1. The third-order valence-corrected chi connectivity index (χ3v) is 2.38. The minimum Gasteiger partial charge on any atom is -0.350 e. The molecule has 0 radical (unpaired) electrons. The van der Waals surface area contributed by atoms with E-state index in [2.05, 4.69) is 29.7 Å². The fourth-order valence-electron chi connectivity index (χ4n) is 1.57. The van der Waals surface area contributed by atoms with Gasteiger partial charge in [-0.3, -0.25) is 4.79 Å². The number of carbonyl (C=O) groups excluding carboxylic acids is 1. The van der Waals surface area contributed by atoms with Gasteiger partial charge in [0.2, 0.25) is 5.91 Å². The van der Waals surface area contributed by atoms with Gasteiger partial charge in [-0.15, -0.1) is 0 Å². The minimum absolute atomic E-state index is 0.0280. The van der Waals surface area contributed by atoms with E-state index in [0.29, 0.717) is 6.54 Å². The van der Waals surface area contributed by atoms with Gasteiger partial charge in [-0.1, -0.05) is 30.3 Å². The maximum absolute atomic E-state index is 11.6. The number of hydrogen-bond acceptors (Lipinski definition) is 2. The number of benzene rings is 1. The predicted octanol–water partition coefficient (Wildman–Crippen LogP) is 2.25. The van der Waals surface area contributed by atoms with Crippen LogP contribution >= 0.6 is 0 Å². The zero-order valence-electron chi connectivity index (χ0n) is 11.1. The lowest BCUT2D eigenvalue weighted by molar-refractivity contribution is -0.121. The zero-order valence-corrected chi connectivity index (χ0v) is 11.1. The molecule has 1 rings (SSSR count). The Morgan fingerprint density at radius 1 is 1.24 bits per heavy atom. The van der Waals surface area contributed by atoms with Gasteiger partial charge in [0.1, 0.15) is 0 Å². The Morgan fingerprint density at radius 2 is 1.82 bits per heavy atom. The number of amides is 1. The highest BCUT2D eigenvalue weighted by Crippen LogP contribution is 2.10. The normalized spacial score (nSPS) is 13.2. The van der Waals surface area contributed by atoms with Crippen molar-refractivity contribution in [1.29, 1.82) is 0 Å². The van der Waals surface area contributed by atoms with E-state index < -0.39 is 0 Å². The van der Waals surface area contributed by atoms with Crippen molar-refractivity contribution in [3.8, 4) is 0 Å². The maximum Gasteiger partial charge on any atom is 0.234 e. The molecule has 0 saturated heterocycles. The van der Waals surface area contributed by atoms with Crippen LogP contribution in [-0.2, 0) is 4.79 Å². The average Bonchev–Trinajstić information content (AvgIpc) is 2.25. The van der Waals surface area contributed by atoms with Crippen molar-refractivity contribution < 1.29 is 4.79 Å². The summed E-state index contributed by atoms with van der Waals surface area (Å²) in [5.41, 5.74) is 1.02. The van der Waals surface area contributed by atoms with Crippen LogP contribution in [0.25, 0.3) is 0 Å². The van der Waals surface area contributed by atoms with Gasteiger partial charge in [0.15, 0.2) is 0 Å². The van der Waals surface area contributed by atoms with Crippen LogP contribution in [0.5, 0.6) is 0 Å². The van der Waals surface area contributed by atoms with E-state index in [-0.39, 0.29) is 17.5 Å². The molecular weight excluding hydrogens is 212 g/mol. The van der Waals surface area contributed by atoms with E-state index in [1.54, 1.807) is 0 Å². The van der Waals surface area contributed by atoms with Crippen molar-refractivity contribution >= 4 is 5.91 Å².